The van der Waals surface area contributed by atoms with Crippen molar-refractivity contribution in [3.05, 3.63) is 0 Å². The Hall–Kier alpha value is -0.370. The lowest BCUT2D eigenvalue weighted by molar-refractivity contribution is -0.139. The average Bonchev–Trinajstić information content (AvgIpc) is 2.02. The molecule has 0 aromatic rings. The van der Waals surface area contributed by atoms with Crippen LogP contribution in [0.5, 0.6) is 0 Å². The second kappa shape index (κ2) is 3.56. The van der Waals surface area contributed by atoms with E-state index in [0.29, 0.717) is 6.42 Å². The van der Waals surface area contributed by atoms with Gasteiger partial charge in [0.25, 0.3) is 0 Å². The predicted octanol–water partition coefficient (Wildman–Crippen LogP) is 1.91. The van der Waals surface area contributed by atoms with Crippen LogP contribution in [0.4, 0.5) is 0 Å². The first-order valence-electron chi connectivity index (χ1n) is 4.82. The molecule has 0 saturated heterocycles. The molecule has 2 heteroatoms. The lowest BCUT2D eigenvalue weighted by atomic mass is 9.70. The standard InChI is InChI=1S/C10H18O2/c1-3-7-10(2)8(11)5-4-6-9(10)12/h8,11H,3-7H2,1-2H3. The first-order chi connectivity index (χ1) is 5.61. The van der Waals surface area contributed by atoms with E-state index in [0.717, 1.165) is 25.7 Å². The van der Waals surface area contributed by atoms with Crippen molar-refractivity contribution in [1.82, 2.24) is 0 Å². The van der Waals surface area contributed by atoms with Gasteiger partial charge in [-0.15, -0.1) is 0 Å². The van der Waals surface area contributed by atoms with Crippen molar-refractivity contribution in [2.75, 3.05) is 0 Å². The Kier molecular flexibility index (Phi) is 2.89. The van der Waals surface area contributed by atoms with Crippen molar-refractivity contribution in [2.45, 2.75) is 52.1 Å². The SMILES string of the molecule is CCCC1(C)C(=O)CCCC1O. The zero-order valence-corrected chi connectivity index (χ0v) is 7.97. The van der Waals surface area contributed by atoms with E-state index in [1.165, 1.54) is 0 Å². The summed E-state index contributed by atoms with van der Waals surface area (Å²) in [6, 6.07) is 0. The molecule has 0 radical (unpaired) electrons. The smallest absolute Gasteiger partial charge is 0.141 e. The molecule has 2 atom stereocenters. The molecule has 1 aliphatic carbocycles. The van der Waals surface area contributed by atoms with Crippen LogP contribution in [0.1, 0.15) is 46.0 Å². The van der Waals surface area contributed by atoms with Gasteiger partial charge in [0, 0.05) is 6.42 Å². The van der Waals surface area contributed by atoms with E-state index in [2.05, 4.69) is 6.92 Å². The number of carbonyl (C=O) groups excluding carboxylic acids is 1. The number of hydrogen-bond acceptors (Lipinski definition) is 2. The van der Waals surface area contributed by atoms with E-state index in [1.54, 1.807) is 0 Å². The fourth-order valence-electron chi connectivity index (χ4n) is 2.07. The van der Waals surface area contributed by atoms with Gasteiger partial charge in [0.2, 0.25) is 0 Å². The van der Waals surface area contributed by atoms with Gasteiger partial charge in [-0.05, 0) is 19.3 Å². The summed E-state index contributed by atoms with van der Waals surface area (Å²) in [6.07, 6.45) is 3.71. The molecule has 0 heterocycles. The molecule has 0 spiro atoms. The van der Waals surface area contributed by atoms with Crippen LogP contribution in [0.3, 0.4) is 0 Å². The molecule has 2 unspecified atom stereocenters. The van der Waals surface area contributed by atoms with Gasteiger partial charge >= 0.3 is 0 Å². The molecule has 1 fully saturated rings. The second-order valence-electron chi connectivity index (χ2n) is 4.00. The van der Waals surface area contributed by atoms with Gasteiger partial charge in [0.15, 0.2) is 0 Å². The van der Waals surface area contributed by atoms with E-state index >= 15 is 0 Å². The summed E-state index contributed by atoms with van der Waals surface area (Å²) in [5.41, 5.74) is -0.437. The minimum absolute atomic E-state index is 0.253. The number of hydrogen-bond donors (Lipinski definition) is 1. The number of ketones is 1. The van der Waals surface area contributed by atoms with E-state index in [-0.39, 0.29) is 5.78 Å². The van der Waals surface area contributed by atoms with E-state index < -0.39 is 11.5 Å². The minimum atomic E-state index is -0.437. The maximum atomic E-state index is 11.6. The third-order valence-electron chi connectivity index (χ3n) is 3.02. The number of aliphatic hydroxyl groups is 1. The Morgan fingerprint density at radius 1 is 1.67 bits per heavy atom. The molecule has 1 saturated carbocycles. The largest absolute Gasteiger partial charge is 0.392 e. The molecule has 2 nitrogen and oxygen atoms in total. The molecule has 1 rings (SSSR count). The van der Waals surface area contributed by atoms with Gasteiger partial charge in [0.05, 0.1) is 11.5 Å². The maximum absolute atomic E-state index is 11.6. The Balaban J connectivity index is 2.73. The molecule has 0 aromatic heterocycles. The summed E-state index contributed by atoms with van der Waals surface area (Å²) in [5, 5.41) is 9.71. The number of aliphatic hydroxyl groups excluding tert-OH is 1. The van der Waals surface area contributed by atoms with Crippen LogP contribution in [-0.2, 0) is 4.79 Å². The summed E-state index contributed by atoms with van der Waals surface area (Å²) in [4.78, 5) is 11.6. The van der Waals surface area contributed by atoms with Crippen LogP contribution >= 0.6 is 0 Å². The molecule has 70 valence electrons. The summed E-state index contributed by atoms with van der Waals surface area (Å²) < 4.78 is 0. The minimum Gasteiger partial charge on any atom is -0.392 e. The predicted molar refractivity (Wildman–Crippen MR) is 47.9 cm³/mol. The van der Waals surface area contributed by atoms with Crippen LogP contribution in [-0.4, -0.2) is 17.0 Å². The van der Waals surface area contributed by atoms with Gasteiger partial charge < -0.3 is 5.11 Å². The highest BCUT2D eigenvalue weighted by molar-refractivity contribution is 5.85. The number of Topliss-reactive ketones (excluding diaryl/α,β-unsaturated/α-hetero) is 1. The highest BCUT2D eigenvalue weighted by Gasteiger charge is 2.41. The van der Waals surface area contributed by atoms with Crippen molar-refractivity contribution in [3.63, 3.8) is 0 Å². The van der Waals surface area contributed by atoms with Crippen LogP contribution in [0.2, 0.25) is 0 Å². The first kappa shape index (κ1) is 9.72. The quantitative estimate of drug-likeness (QED) is 0.687. The summed E-state index contributed by atoms with van der Waals surface area (Å²) in [5.74, 6) is 0.253. The van der Waals surface area contributed by atoms with Gasteiger partial charge in [-0.25, -0.2) is 0 Å². The highest BCUT2D eigenvalue weighted by atomic mass is 16.3. The van der Waals surface area contributed by atoms with E-state index in [1.807, 2.05) is 6.92 Å². The summed E-state index contributed by atoms with van der Waals surface area (Å²) in [6.45, 7) is 3.96. The average molecular weight is 170 g/mol. The maximum Gasteiger partial charge on any atom is 0.141 e. The van der Waals surface area contributed by atoms with Gasteiger partial charge in [-0.3, -0.25) is 4.79 Å². The lowest BCUT2D eigenvalue weighted by Crippen LogP contribution is -2.43. The third-order valence-corrected chi connectivity index (χ3v) is 3.02. The second-order valence-corrected chi connectivity index (χ2v) is 4.00. The fourth-order valence-corrected chi connectivity index (χ4v) is 2.07. The van der Waals surface area contributed by atoms with Crippen molar-refractivity contribution in [3.8, 4) is 0 Å². The van der Waals surface area contributed by atoms with Crippen molar-refractivity contribution < 1.29 is 9.90 Å². The van der Waals surface area contributed by atoms with Crippen LogP contribution in [0.15, 0.2) is 0 Å². The molecule has 0 bridgehead atoms. The number of carbonyl (C=O) groups is 1. The molecular formula is C10H18O2. The van der Waals surface area contributed by atoms with Gasteiger partial charge in [0.1, 0.15) is 5.78 Å². The number of rotatable bonds is 2. The Morgan fingerprint density at radius 3 is 2.83 bits per heavy atom. The van der Waals surface area contributed by atoms with Crippen molar-refractivity contribution in [2.24, 2.45) is 5.41 Å². The molecule has 0 aliphatic heterocycles. The lowest BCUT2D eigenvalue weighted by Gasteiger charge is -2.36. The summed E-state index contributed by atoms with van der Waals surface area (Å²) >= 11 is 0. The molecule has 1 aliphatic rings. The zero-order chi connectivity index (χ0) is 9.19. The van der Waals surface area contributed by atoms with Gasteiger partial charge in [-0.2, -0.15) is 0 Å². The first-order valence-corrected chi connectivity index (χ1v) is 4.82. The zero-order valence-electron chi connectivity index (χ0n) is 7.97. The molecule has 0 aromatic carbocycles. The van der Waals surface area contributed by atoms with E-state index in [4.69, 9.17) is 0 Å². The third kappa shape index (κ3) is 1.53. The highest BCUT2D eigenvalue weighted by Crippen LogP contribution is 2.36. The molecule has 1 N–H and O–H groups in total. The van der Waals surface area contributed by atoms with Crippen molar-refractivity contribution in [1.29, 1.82) is 0 Å². The molecule has 0 amide bonds. The van der Waals surface area contributed by atoms with Crippen LogP contribution in [0.25, 0.3) is 0 Å². The van der Waals surface area contributed by atoms with Crippen molar-refractivity contribution >= 4 is 5.78 Å². The Morgan fingerprint density at radius 2 is 2.33 bits per heavy atom. The molecule has 12 heavy (non-hydrogen) atoms. The van der Waals surface area contributed by atoms with Gasteiger partial charge in [-0.1, -0.05) is 20.3 Å². The van der Waals surface area contributed by atoms with Crippen LogP contribution in [0, 0.1) is 5.41 Å². The van der Waals surface area contributed by atoms with E-state index in [9.17, 15) is 9.90 Å². The van der Waals surface area contributed by atoms with Crippen LogP contribution < -0.4 is 0 Å². The normalized spacial score (nSPS) is 36.9. The fraction of sp³-hybridized carbons (Fsp3) is 0.900. The summed E-state index contributed by atoms with van der Waals surface area (Å²) in [7, 11) is 0. The monoisotopic (exact) mass is 170 g/mol. The Bertz CT molecular complexity index is 177. The Labute approximate surface area is 74.0 Å². The molecular weight excluding hydrogens is 152 g/mol. The topological polar surface area (TPSA) is 37.3 Å².